The quantitative estimate of drug-likeness (QED) is 0.200. The first-order valence-electron chi connectivity index (χ1n) is 15.6. The van der Waals surface area contributed by atoms with Crippen LogP contribution in [0.1, 0.15) is 17.1 Å². The van der Waals surface area contributed by atoms with Gasteiger partial charge in [-0.2, -0.15) is 0 Å². The number of nitrogens with zero attached hydrogens (tertiary/aromatic N) is 4. The van der Waals surface area contributed by atoms with Crippen LogP contribution in [-0.2, 0) is 6.54 Å². The first-order chi connectivity index (χ1) is 23.3. The van der Waals surface area contributed by atoms with E-state index in [9.17, 15) is 0 Å². The first-order valence-corrected chi connectivity index (χ1v) is 15.6. The number of rotatable bonds is 4. The predicted molar refractivity (Wildman–Crippen MR) is 186 cm³/mol. The summed E-state index contributed by atoms with van der Waals surface area (Å²) >= 11 is 0. The van der Waals surface area contributed by atoms with E-state index < -0.39 is 0 Å². The molecule has 47 heavy (non-hydrogen) atoms. The van der Waals surface area contributed by atoms with Gasteiger partial charge in [-0.05, 0) is 23.1 Å². The Balaban J connectivity index is 1.16. The van der Waals surface area contributed by atoms with Gasteiger partial charge in [0.25, 0.3) is 0 Å². The van der Waals surface area contributed by atoms with Gasteiger partial charge in [-0.3, -0.25) is 4.99 Å². The van der Waals surface area contributed by atoms with Crippen molar-refractivity contribution in [1.29, 1.82) is 0 Å². The van der Waals surface area contributed by atoms with Crippen molar-refractivity contribution in [2.24, 2.45) is 4.99 Å². The Labute approximate surface area is 268 Å². The molecule has 9 aromatic rings. The van der Waals surface area contributed by atoms with Gasteiger partial charge in [-0.25, -0.2) is 15.0 Å². The van der Waals surface area contributed by atoms with Crippen LogP contribution in [-0.4, -0.2) is 20.7 Å². The summed E-state index contributed by atoms with van der Waals surface area (Å²) in [4.78, 5) is 19.7. The predicted octanol–water partition coefficient (Wildman–Crippen LogP) is 10.0. The second-order valence-electron chi connectivity index (χ2n) is 11.7. The van der Waals surface area contributed by atoms with E-state index >= 15 is 0 Å². The third-order valence-electron chi connectivity index (χ3n) is 8.99. The number of furan rings is 2. The van der Waals surface area contributed by atoms with E-state index in [0.717, 1.165) is 77.3 Å². The summed E-state index contributed by atoms with van der Waals surface area (Å²) in [5.74, 6) is 2.54. The van der Waals surface area contributed by atoms with Crippen molar-refractivity contribution in [2.75, 3.05) is 0 Å². The van der Waals surface area contributed by atoms with E-state index in [1.54, 1.807) is 0 Å². The largest absolute Gasteiger partial charge is 0.458 e. The maximum Gasteiger partial charge on any atom is 0.182 e. The van der Waals surface area contributed by atoms with Gasteiger partial charge < -0.3 is 8.83 Å². The lowest BCUT2D eigenvalue weighted by atomic mass is 9.96. The van der Waals surface area contributed by atoms with Crippen LogP contribution in [0.15, 0.2) is 147 Å². The van der Waals surface area contributed by atoms with Crippen molar-refractivity contribution in [3.05, 3.63) is 151 Å². The highest BCUT2D eigenvalue weighted by atomic mass is 16.3. The number of aliphatic imine (C=N–C) groups is 1. The summed E-state index contributed by atoms with van der Waals surface area (Å²) in [5.41, 5.74) is 8.10. The Morgan fingerprint density at radius 1 is 0.468 bits per heavy atom. The second-order valence-corrected chi connectivity index (χ2v) is 11.7. The van der Waals surface area contributed by atoms with Crippen molar-refractivity contribution in [2.45, 2.75) is 6.54 Å². The van der Waals surface area contributed by atoms with E-state index in [1.165, 1.54) is 0 Å². The maximum absolute atomic E-state index is 6.67. The lowest BCUT2D eigenvalue weighted by molar-refractivity contribution is 0.558. The molecule has 0 spiro atoms. The molecule has 1 aliphatic rings. The SMILES string of the molecule is c1ccc(-c2nc(C3=NCc4oc5c(-c6cccc7oc8c9ccccc9ccc8c67)cccc5c43)nc(-c3ccccc3)n2)cc1. The molecule has 3 aromatic heterocycles. The van der Waals surface area contributed by atoms with E-state index in [0.29, 0.717) is 29.7 Å². The summed E-state index contributed by atoms with van der Waals surface area (Å²) in [5, 5.41) is 5.39. The lowest BCUT2D eigenvalue weighted by Gasteiger charge is -2.09. The smallest absolute Gasteiger partial charge is 0.182 e. The van der Waals surface area contributed by atoms with E-state index in [-0.39, 0.29) is 0 Å². The van der Waals surface area contributed by atoms with Gasteiger partial charge in [0.05, 0.1) is 12.1 Å². The summed E-state index contributed by atoms with van der Waals surface area (Å²) in [6.07, 6.45) is 0. The molecule has 6 aromatic carbocycles. The molecule has 0 amide bonds. The van der Waals surface area contributed by atoms with Gasteiger partial charge in [0.2, 0.25) is 0 Å². The van der Waals surface area contributed by atoms with Crippen LogP contribution in [0.3, 0.4) is 0 Å². The molecule has 0 aliphatic carbocycles. The van der Waals surface area contributed by atoms with Crippen molar-refractivity contribution < 1.29 is 8.83 Å². The van der Waals surface area contributed by atoms with Gasteiger partial charge in [0, 0.05) is 38.2 Å². The van der Waals surface area contributed by atoms with Gasteiger partial charge in [-0.15, -0.1) is 0 Å². The zero-order valence-electron chi connectivity index (χ0n) is 25.0. The van der Waals surface area contributed by atoms with Crippen molar-refractivity contribution in [1.82, 2.24) is 15.0 Å². The molecule has 10 rings (SSSR count). The normalized spacial score (nSPS) is 12.7. The minimum absolute atomic E-state index is 0.413. The molecule has 6 heteroatoms. The van der Waals surface area contributed by atoms with Crippen molar-refractivity contribution in [3.63, 3.8) is 0 Å². The number of para-hydroxylation sites is 1. The van der Waals surface area contributed by atoms with Crippen LogP contribution in [0.4, 0.5) is 0 Å². The molecular weight excluding hydrogens is 580 g/mol. The Hall–Kier alpha value is -6.40. The molecule has 4 heterocycles. The molecule has 0 saturated carbocycles. The number of fused-ring (bicyclic) bond motifs is 8. The zero-order valence-corrected chi connectivity index (χ0v) is 25.0. The molecule has 0 atom stereocenters. The molecule has 1 aliphatic heterocycles. The highest BCUT2D eigenvalue weighted by Gasteiger charge is 2.29. The number of hydrogen-bond acceptors (Lipinski definition) is 6. The molecule has 0 N–H and O–H groups in total. The van der Waals surface area contributed by atoms with E-state index in [2.05, 4.69) is 60.7 Å². The minimum Gasteiger partial charge on any atom is -0.458 e. The first kappa shape index (κ1) is 25.9. The maximum atomic E-state index is 6.67. The van der Waals surface area contributed by atoms with Crippen molar-refractivity contribution in [3.8, 4) is 33.9 Å². The average Bonchev–Trinajstić information content (AvgIpc) is 3.84. The Bertz CT molecular complexity index is 2650. The molecule has 0 unspecified atom stereocenters. The van der Waals surface area contributed by atoms with Gasteiger partial charge in [-0.1, -0.05) is 121 Å². The lowest BCUT2D eigenvalue weighted by Crippen LogP contribution is -2.10. The van der Waals surface area contributed by atoms with Gasteiger partial charge >= 0.3 is 0 Å². The third kappa shape index (κ3) is 3.98. The number of aromatic nitrogens is 3. The molecule has 0 saturated heterocycles. The van der Waals surface area contributed by atoms with Crippen LogP contribution >= 0.6 is 0 Å². The number of hydrogen-bond donors (Lipinski definition) is 0. The topological polar surface area (TPSA) is 77.3 Å². The van der Waals surface area contributed by atoms with Gasteiger partial charge in [0.15, 0.2) is 17.5 Å². The molecule has 0 fully saturated rings. The van der Waals surface area contributed by atoms with Crippen LogP contribution in [0.2, 0.25) is 0 Å². The Morgan fingerprint density at radius 2 is 1.13 bits per heavy atom. The second kappa shape index (κ2) is 10.1. The molecule has 6 nitrogen and oxygen atoms in total. The standard InChI is InChI=1S/C41H24N4O2/c1-3-12-25(13-4-1)39-43-40(26-14-5-2-6-15-26)45-41(44-39)36-35-30-19-9-18-29(38(30)47-33(35)23-42-36)28-17-10-20-32-34(28)31-22-21-24-11-7-8-16-27(24)37(31)46-32/h1-22H,23H2. The zero-order chi connectivity index (χ0) is 30.9. The summed E-state index contributed by atoms with van der Waals surface area (Å²) in [6.45, 7) is 0.413. The fourth-order valence-corrected chi connectivity index (χ4v) is 6.86. The average molecular weight is 605 g/mol. The third-order valence-corrected chi connectivity index (χ3v) is 8.99. The fraction of sp³-hybridized carbons (Fsp3) is 0.0244. The van der Waals surface area contributed by atoms with E-state index in [1.807, 2.05) is 72.8 Å². The van der Waals surface area contributed by atoms with Crippen LogP contribution in [0, 0.1) is 0 Å². The van der Waals surface area contributed by atoms with Crippen molar-refractivity contribution >= 4 is 49.4 Å². The molecule has 0 radical (unpaired) electrons. The molecule has 0 bridgehead atoms. The van der Waals surface area contributed by atoms with Gasteiger partial charge in [0.1, 0.15) is 28.2 Å². The minimum atomic E-state index is 0.413. The highest BCUT2D eigenvalue weighted by Crippen LogP contribution is 2.43. The Kier molecular flexibility index (Phi) is 5.54. The van der Waals surface area contributed by atoms with E-state index in [4.69, 9.17) is 28.8 Å². The molecule has 220 valence electrons. The monoisotopic (exact) mass is 604 g/mol. The summed E-state index contributed by atoms with van der Waals surface area (Å²) in [6, 6.07) is 45.2. The molecular formula is C41H24N4O2. The Morgan fingerprint density at radius 3 is 1.91 bits per heavy atom. The highest BCUT2D eigenvalue weighted by molar-refractivity contribution is 6.23. The van der Waals surface area contributed by atoms with Crippen LogP contribution in [0.5, 0.6) is 0 Å². The number of benzene rings is 6. The fourth-order valence-electron chi connectivity index (χ4n) is 6.86. The van der Waals surface area contributed by atoms with Crippen LogP contribution in [0.25, 0.3) is 77.6 Å². The van der Waals surface area contributed by atoms with Crippen LogP contribution < -0.4 is 0 Å². The summed E-state index contributed by atoms with van der Waals surface area (Å²) in [7, 11) is 0. The summed E-state index contributed by atoms with van der Waals surface area (Å²) < 4.78 is 13.2.